The largest absolute Gasteiger partial charge is 0.490 e. The minimum Gasteiger partial charge on any atom is -0.490 e. The van der Waals surface area contributed by atoms with Crippen LogP contribution in [-0.2, 0) is 4.79 Å². The molecule has 1 heterocycles. The van der Waals surface area contributed by atoms with Gasteiger partial charge in [-0.15, -0.1) is 24.0 Å². The van der Waals surface area contributed by atoms with Crippen molar-refractivity contribution >= 4 is 53.1 Å². The zero-order valence-corrected chi connectivity index (χ0v) is 18.7. The maximum atomic E-state index is 11.9. The Labute approximate surface area is 187 Å². The molecular weight excluding hydrogens is 491 g/mol. The van der Waals surface area contributed by atoms with Crippen LogP contribution in [0, 0.1) is 0 Å². The molecule has 6 nitrogen and oxygen atoms in total. The summed E-state index contributed by atoms with van der Waals surface area (Å²) in [6.45, 7) is 1.65. The van der Waals surface area contributed by atoms with Gasteiger partial charge in [0.2, 0.25) is 5.91 Å². The lowest BCUT2D eigenvalue weighted by molar-refractivity contribution is -0.116. The number of hydrogen-bond acceptors (Lipinski definition) is 3. The van der Waals surface area contributed by atoms with Crippen molar-refractivity contribution in [2.75, 3.05) is 32.1 Å². The molecule has 0 bridgehead atoms. The lowest BCUT2D eigenvalue weighted by atomic mass is 9.90. The van der Waals surface area contributed by atoms with Gasteiger partial charge < -0.3 is 20.7 Å². The van der Waals surface area contributed by atoms with Crippen LogP contribution in [-0.4, -0.2) is 38.6 Å². The predicted octanol–water partition coefficient (Wildman–Crippen LogP) is 3.63. The van der Waals surface area contributed by atoms with E-state index in [0.717, 1.165) is 11.3 Å². The topological polar surface area (TPSA) is 74.8 Å². The standard InChI is InChI=1S/C20H23ClN4O2.HI/c1-22-20(23-10-11-27-18-9-5-3-7-16(18)21)24-13-14-12-19(26)25-17-8-4-2-6-15(14)17;/h2-9,14H,10-13H2,1H3,(H,25,26)(H2,22,23,24);1H. The van der Waals surface area contributed by atoms with Gasteiger partial charge in [0.25, 0.3) is 0 Å². The van der Waals surface area contributed by atoms with E-state index in [4.69, 9.17) is 16.3 Å². The molecule has 0 aromatic heterocycles. The summed E-state index contributed by atoms with van der Waals surface area (Å²) in [6.07, 6.45) is 0.455. The fourth-order valence-electron chi connectivity index (χ4n) is 3.02. The van der Waals surface area contributed by atoms with Crippen molar-refractivity contribution in [1.29, 1.82) is 0 Å². The van der Waals surface area contributed by atoms with E-state index < -0.39 is 0 Å². The molecule has 150 valence electrons. The summed E-state index contributed by atoms with van der Waals surface area (Å²) in [6, 6.07) is 15.3. The average molecular weight is 515 g/mol. The Morgan fingerprint density at radius 2 is 1.96 bits per heavy atom. The monoisotopic (exact) mass is 514 g/mol. The summed E-state index contributed by atoms with van der Waals surface area (Å²) in [5.74, 6) is 1.47. The van der Waals surface area contributed by atoms with Crippen LogP contribution in [0.25, 0.3) is 0 Å². The number of carbonyl (C=O) groups is 1. The summed E-state index contributed by atoms with van der Waals surface area (Å²) in [4.78, 5) is 16.1. The fourth-order valence-corrected chi connectivity index (χ4v) is 3.21. The highest BCUT2D eigenvalue weighted by atomic mass is 127. The first-order chi connectivity index (χ1) is 13.2. The fraction of sp³-hybridized carbons (Fsp3) is 0.300. The van der Waals surface area contributed by atoms with Crippen LogP contribution in [0.3, 0.4) is 0 Å². The Kier molecular flexibility index (Phi) is 8.85. The molecule has 3 N–H and O–H groups in total. The van der Waals surface area contributed by atoms with Gasteiger partial charge >= 0.3 is 0 Å². The molecular formula is C20H24ClIN4O2. The Morgan fingerprint density at radius 1 is 1.21 bits per heavy atom. The van der Waals surface area contributed by atoms with E-state index in [1.165, 1.54) is 0 Å². The highest BCUT2D eigenvalue weighted by Gasteiger charge is 2.24. The molecule has 2 aromatic carbocycles. The van der Waals surface area contributed by atoms with E-state index in [9.17, 15) is 4.79 Å². The average Bonchev–Trinajstić information content (AvgIpc) is 2.68. The van der Waals surface area contributed by atoms with Gasteiger partial charge in [-0.25, -0.2) is 0 Å². The van der Waals surface area contributed by atoms with Crippen LogP contribution in [0.4, 0.5) is 5.69 Å². The molecule has 28 heavy (non-hydrogen) atoms. The first-order valence-electron chi connectivity index (χ1n) is 8.88. The van der Waals surface area contributed by atoms with E-state index in [-0.39, 0.29) is 35.8 Å². The highest BCUT2D eigenvalue weighted by Crippen LogP contribution is 2.31. The number of aliphatic imine (C=N–C) groups is 1. The molecule has 1 aliphatic rings. The first-order valence-corrected chi connectivity index (χ1v) is 9.26. The number of nitrogens with zero attached hydrogens (tertiary/aromatic N) is 1. The number of rotatable bonds is 6. The van der Waals surface area contributed by atoms with Crippen molar-refractivity contribution < 1.29 is 9.53 Å². The van der Waals surface area contributed by atoms with Gasteiger partial charge in [0.05, 0.1) is 11.6 Å². The SMILES string of the molecule is CN=C(NCCOc1ccccc1Cl)NCC1CC(=O)Nc2ccccc21.I. The Bertz CT molecular complexity index is 831. The summed E-state index contributed by atoms with van der Waals surface area (Å²) < 4.78 is 5.66. The second kappa shape index (κ2) is 11.1. The van der Waals surface area contributed by atoms with Crippen molar-refractivity contribution in [1.82, 2.24) is 10.6 Å². The van der Waals surface area contributed by atoms with Crippen LogP contribution in [0.1, 0.15) is 17.9 Å². The van der Waals surface area contributed by atoms with Gasteiger partial charge in [-0.3, -0.25) is 9.79 Å². The van der Waals surface area contributed by atoms with E-state index >= 15 is 0 Å². The van der Waals surface area contributed by atoms with Crippen molar-refractivity contribution in [3.8, 4) is 5.75 Å². The minimum atomic E-state index is 0. The molecule has 1 amide bonds. The smallest absolute Gasteiger partial charge is 0.225 e. The molecule has 1 unspecified atom stereocenters. The predicted molar refractivity (Wildman–Crippen MR) is 124 cm³/mol. The number of nitrogens with one attached hydrogen (secondary N) is 3. The summed E-state index contributed by atoms with van der Waals surface area (Å²) in [5.41, 5.74) is 2.03. The van der Waals surface area contributed by atoms with E-state index in [1.807, 2.05) is 36.4 Å². The van der Waals surface area contributed by atoms with Crippen molar-refractivity contribution in [2.24, 2.45) is 4.99 Å². The van der Waals surface area contributed by atoms with E-state index in [1.54, 1.807) is 13.1 Å². The number of carbonyl (C=O) groups excluding carboxylic acids is 1. The zero-order valence-electron chi connectivity index (χ0n) is 15.6. The quantitative estimate of drug-likeness (QED) is 0.238. The van der Waals surface area contributed by atoms with Crippen LogP contribution in [0.15, 0.2) is 53.5 Å². The molecule has 2 aromatic rings. The number of fused-ring (bicyclic) bond motifs is 1. The number of benzene rings is 2. The number of halogens is 2. The number of anilines is 1. The molecule has 0 spiro atoms. The van der Waals surface area contributed by atoms with Gasteiger partial charge in [-0.1, -0.05) is 41.9 Å². The number of amides is 1. The maximum absolute atomic E-state index is 11.9. The normalized spacial score (nSPS) is 15.7. The van der Waals surface area contributed by atoms with Crippen LogP contribution in [0.2, 0.25) is 5.02 Å². The summed E-state index contributed by atoms with van der Waals surface area (Å²) in [5, 5.41) is 10.00. The molecule has 0 aliphatic carbocycles. The zero-order chi connectivity index (χ0) is 19.1. The second-order valence-electron chi connectivity index (χ2n) is 6.20. The second-order valence-corrected chi connectivity index (χ2v) is 6.60. The summed E-state index contributed by atoms with van der Waals surface area (Å²) >= 11 is 6.07. The number of ether oxygens (including phenoxy) is 1. The minimum absolute atomic E-state index is 0. The van der Waals surface area contributed by atoms with Crippen LogP contribution < -0.4 is 20.7 Å². The molecule has 3 rings (SSSR count). The molecule has 1 aliphatic heterocycles. The van der Waals surface area contributed by atoms with Crippen LogP contribution >= 0.6 is 35.6 Å². The third kappa shape index (κ3) is 6.00. The molecule has 0 saturated carbocycles. The number of hydrogen-bond donors (Lipinski definition) is 3. The van der Waals surface area contributed by atoms with Gasteiger partial charge in [0, 0.05) is 31.6 Å². The van der Waals surface area contributed by atoms with Crippen LogP contribution in [0.5, 0.6) is 5.75 Å². The highest BCUT2D eigenvalue weighted by molar-refractivity contribution is 14.0. The lowest BCUT2D eigenvalue weighted by Crippen LogP contribution is -2.42. The Balaban J connectivity index is 0.00000280. The first kappa shape index (κ1) is 22.3. The Morgan fingerprint density at radius 3 is 2.75 bits per heavy atom. The number of para-hydroxylation sites is 2. The third-order valence-electron chi connectivity index (χ3n) is 4.33. The molecule has 0 saturated heterocycles. The van der Waals surface area contributed by atoms with Crippen molar-refractivity contribution in [3.05, 3.63) is 59.1 Å². The number of guanidine groups is 1. The lowest BCUT2D eigenvalue weighted by Gasteiger charge is -2.26. The Hall–Kier alpha value is -2.00. The van der Waals surface area contributed by atoms with E-state index in [0.29, 0.717) is 42.8 Å². The van der Waals surface area contributed by atoms with Gasteiger partial charge in [-0.2, -0.15) is 0 Å². The van der Waals surface area contributed by atoms with Gasteiger partial charge in [0.15, 0.2) is 5.96 Å². The third-order valence-corrected chi connectivity index (χ3v) is 4.65. The van der Waals surface area contributed by atoms with Crippen molar-refractivity contribution in [2.45, 2.75) is 12.3 Å². The molecule has 0 fully saturated rings. The molecule has 0 radical (unpaired) electrons. The van der Waals surface area contributed by atoms with Gasteiger partial charge in [0.1, 0.15) is 12.4 Å². The van der Waals surface area contributed by atoms with Crippen molar-refractivity contribution in [3.63, 3.8) is 0 Å². The summed E-state index contributed by atoms with van der Waals surface area (Å²) in [7, 11) is 1.71. The van der Waals surface area contributed by atoms with E-state index in [2.05, 4.69) is 27.0 Å². The molecule has 8 heteroatoms. The maximum Gasteiger partial charge on any atom is 0.225 e. The van der Waals surface area contributed by atoms with Gasteiger partial charge in [-0.05, 0) is 23.8 Å². The molecule has 1 atom stereocenters.